The summed E-state index contributed by atoms with van der Waals surface area (Å²) in [6.07, 6.45) is 9.27. The summed E-state index contributed by atoms with van der Waals surface area (Å²) in [4.78, 5) is 22.5. The Hall–Kier alpha value is -4.63. The van der Waals surface area contributed by atoms with Crippen LogP contribution >= 0.6 is 11.3 Å². The third-order valence-corrected chi connectivity index (χ3v) is 7.01. The van der Waals surface area contributed by atoms with Gasteiger partial charge in [-0.3, -0.25) is 9.78 Å². The van der Waals surface area contributed by atoms with Crippen LogP contribution in [-0.4, -0.2) is 36.0 Å². The molecule has 8 nitrogen and oxygen atoms in total. The number of nitrogens with zero attached hydrogens (tertiary/aromatic N) is 6. The van der Waals surface area contributed by atoms with E-state index < -0.39 is 0 Å². The van der Waals surface area contributed by atoms with Crippen molar-refractivity contribution in [1.29, 1.82) is 0 Å². The molecular weight excluding hydrogens is 496 g/mol. The second-order valence-electron chi connectivity index (χ2n) is 8.73. The molecule has 0 N–H and O–H groups in total. The highest BCUT2D eigenvalue weighted by molar-refractivity contribution is 7.15. The van der Waals surface area contributed by atoms with Crippen molar-refractivity contribution in [3.8, 4) is 34.1 Å². The standard InChI is InChI=1S/C29H24N6O2S/c1-2-3-16-37-24-13-11-20(12-14-24)26-22(19-34(32-26)23-9-5-4-6-10-23)17-25-28(36)35-29(38-25)31-27(33-35)21-8-7-15-30-18-21/h4-15,17-19H,2-3,16H2,1H3. The third kappa shape index (κ3) is 4.71. The quantitative estimate of drug-likeness (QED) is 0.268. The molecule has 0 amide bonds. The largest absolute Gasteiger partial charge is 0.494 e. The summed E-state index contributed by atoms with van der Waals surface area (Å²) >= 11 is 1.30. The van der Waals surface area contributed by atoms with E-state index in [4.69, 9.17) is 9.84 Å². The van der Waals surface area contributed by atoms with Gasteiger partial charge in [-0.1, -0.05) is 42.9 Å². The second-order valence-corrected chi connectivity index (χ2v) is 9.74. The molecule has 4 aromatic heterocycles. The Balaban J connectivity index is 1.41. The molecule has 0 saturated heterocycles. The lowest BCUT2D eigenvalue weighted by molar-refractivity contribution is 0.309. The molecule has 6 aromatic rings. The maximum absolute atomic E-state index is 13.3. The smallest absolute Gasteiger partial charge is 0.291 e. The van der Waals surface area contributed by atoms with E-state index in [0.29, 0.717) is 21.9 Å². The van der Waals surface area contributed by atoms with Crippen molar-refractivity contribution in [2.45, 2.75) is 19.8 Å². The first kappa shape index (κ1) is 23.7. The lowest BCUT2D eigenvalue weighted by Gasteiger charge is -2.06. The monoisotopic (exact) mass is 520 g/mol. The molecule has 0 aliphatic heterocycles. The first-order valence-corrected chi connectivity index (χ1v) is 13.2. The van der Waals surface area contributed by atoms with Gasteiger partial charge in [0.1, 0.15) is 11.4 Å². The van der Waals surface area contributed by atoms with Crippen LogP contribution in [-0.2, 0) is 0 Å². The first-order chi connectivity index (χ1) is 18.7. The van der Waals surface area contributed by atoms with Crippen molar-refractivity contribution in [2.24, 2.45) is 0 Å². The van der Waals surface area contributed by atoms with Gasteiger partial charge in [-0.05, 0) is 61.0 Å². The van der Waals surface area contributed by atoms with Gasteiger partial charge < -0.3 is 4.74 Å². The normalized spacial score (nSPS) is 11.9. The Bertz CT molecular complexity index is 1790. The highest BCUT2D eigenvalue weighted by atomic mass is 32.1. The van der Waals surface area contributed by atoms with Gasteiger partial charge in [0.15, 0.2) is 5.82 Å². The van der Waals surface area contributed by atoms with Crippen LogP contribution in [0, 0.1) is 0 Å². The minimum atomic E-state index is -0.217. The molecule has 0 atom stereocenters. The van der Waals surface area contributed by atoms with Crippen LogP contribution in [0.5, 0.6) is 5.75 Å². The number of unbranched alkanes of at least 4 members (excludes halogenated alkanes) is 1. The van der Waals surface area contributed by atoms with Gasteiger partial charge in [-0.25, -0.2) is 4.68 Å². The van der Waals surface area contributed by atoms with E-state index in [1.54, 1.807) is 12.4 Å². The number of hydrogen-bond donors (Lipinski definition) is 0. The van der Waals surface area contributed by atoms with Crippen molar-refractivity contribution in [3.05, 3.63) is 106 Å². The zero-order valence-electron chi connectivity index (χ0n) is 20.7. The second kappa shape index (κ2) is 10.4. The lowest BCUT2D eigenvalue weighted by Crippen LogP contribution is -2.23. The first-order valence-electron chi connectivity index (χ1n) is 12.4. The third-order valence-electron chi connectivity index (χ3n) is 6.05. The molecule has 0 bridgehead atoms. The summed E-state index contributed by atoms with van der Waals surface area (Å²) in [6.45, 7) is 2.84. The van der Waals surface area contributed by atoms with Crippen LogP contribution in [0.1, 0.15) is 25.3 Å². The fraction of sp³-hybridized carbons (Fsp3) is 0.138. The summed E-state index contributed by atoms with van der Waals surface area (Å²) in [7, 11) is 0. The number of benzene rings is 2. The minimum absolute atomic E-state index is 0.217. The zero-order chi connectivity index (χ0) is 25.9. The van der Waals surface area contributed by atoms with Crippen LogP contribution in [0.15, 0.2) is 90.1 Å². The van der Waals surface area contributed by atoms with Gasteiger partial charge in [0.2, 0.25) is 4.96 Å². The van der Waals surface area contributed by atoms with E-state index in [-0.39, 0.29) is 5.56 Å². The predicted molar refractivity (Wildman–Crippen MR) is 149 cm³/mol. The van der Waals surface area contributed by atoms with Crippen LogP contribution in [0.4, 0.5) is 0 Å². The predicted octanol–water partition coefficient (Wildman–Crippen LogP) is 4.79. The molecule has 4 heterocycles. The molecule has 0 fully saturated rings. The Labute approximate surface area is 222 Å². The topological polar surface area (TPSA) is 87.2 Å². The zero-order valence-corrected chi connectivity index (χ0v) is 21.5. The average Bonchev–Trinajstić information content (AvgIpc) is 3.65. The maximum Gasteiger partial charge on any atom is 0.291 e. The van der Waals surface area contributed by atoms with Gasteiger partial charge >= 0.3 is 0 Å². The molecular formula is C29H24N6O2S. The van der Waals surface area contributed by atoms with Crippen molar-refractivity contribution >= 4 is 22.4 Å². The Morgan fingerprint density at radius 1 is 0.974 bits per heavy atom. The number of fused-ring (bicyclic) bond motifs is 1. The van der Waals surface area contributed by atoms with Crippen LogP contribution in [0.3, 0.4) is 0 Å². The number of ether oxygens (including phenoxy) is 1. The van der Waals surface area contributed by atoms with E-state index in [0.717, 1.165) is 46.7 Å². The van der Waals surface area contributed by atoms with Gasteiger partial charge in [0.05, 0.1) is 16.8 Å². The van der Waals surface area contributed by atoms with E-state index in [1.165, 1.54) is 15.9 Å². The molecule has 0 radical (unpaired) electrons. The fourth-order valence-corrected chi connectivity index (χ4v) is 4.96. The summed E-state index contributed by atoms with van der Waals surface area (Å²) < 4.78 is 9.54. The van der Waals surface area contributed by atoms with Crippen molar-refractivity contribution in [3.63, 3.8) is 0 Å². The molecule has 0 saturated carbocycles. The molecule has 0 unspecified atom stereocenters. The number of hydrogen-bond acceptors (Lipinski definition) is 7. The Kier molecular flexibility index (Phi) is 6.49. The number of para-hydroxylation sites is 1. The molecule has 38 heavy (non-hydrogen) atoms. The molecule has 9 heteroatoms. The molecule has 2 aromatic carbocycles. The fourth-order valence-electron chi connectivity index (χ4n) is 4.07. The lowest BCUT2D eigenvalue weighted by atomic mass is 10.1. The van der Waals surface area contributed by atoms with Gasteiger partial charge in [0, 0.05) is 35.3 Å². The molecule has 6 rings (SSSR count). The maximum atomic E-state index is 13.3. The Morgan fingerprint density at radius 3 is 2.55 bits per heavy atom. The van der Waals surface area contributed by atoms with Crippen molar-refractivity contribution < 1.29 is 4.74 Å². The Morgan fingerprint density at radius 2 is 1.82 bits per heavy atom. The van der Waals surface area contributed by atoms with E-state index in [9.17, 15) is 4.79 Å². The van der Waals surface area contributed by atoms with Crippen LogP contribution < -0.4 is 14.8 Å². The van der Waals surface area contributed by atoms with Crippen molar-refractivity contribution in [2.75, 3.05) is 6.61 Å². The molecule has 0 aliphatic carbocycles. The number of thiazole rings is 1. The van der Waals surface area contributed by atoms with E-state index in [1.807, 2.05) is 83.7 Å². The summed E-state index contributed by atoms with van der Waals surface area (Å²) in [5, 5.41) is 9.31. The van der Waals surface area contributed by atoms with Crippen LogP contribution in [0.2, 0.25) is 0 Å². The molecule has 0 aliphatic rings. The summed E-state index contributed by atoms with van der Waals surface area (Å²) in [5.41, 5.74) is 4.00. The molecule has 0 spiro atoms. The highest BCUT2D eigenvalue weighted by Gasteiger charge is 2.15. The highest BCUT2D eigenvalue weighted by Crippen LogP contribution is 2.27. The SMILES string of the molecule is CCCCOc1ccc(-c2nn(-c3ccccc3)cc2C=c2sc3nc(-c4cccnc4)nn3c2=O)cc1. The van der Waals surface area contributed by atoms with Gasteiger partial charge in [0.25, 0.3) is 5.56 Å². The van der Waals surface area contributed by atoms with Crippen LogP contribution in [0.25, 0.3) is 39.4 Å². The van der Waals surface area contributed by atoms with Crippen molar-refractivity contribution in [1.82, 2.24) is 29.4 Å². The van der Waals surface area contributed by atoms with E-state index >= 15 is 0 Å². The van der Waals surface area contributed by atoms with Gasteiger partial charge in [-0.15, -0.1) is 5.10 Å². The average molecular weight is 521 g/mol. The van der Waals surface area contributed by atoms with Gasteiger partial charge in [-0.2, -0.15) is 14.6 Å². The minimum Gasteiger partial charge on any atom is -0.494 e. The molecule has 188 valence electrons. The van der Waals surface area contributed by atoms with E-state index in [2.05, 4.69) is 22.0 Å². The number of rotatable bonds is 8. The summed E-state index contributed by atoms with van der Waals surface area (Å²) in [6, 6.07) is 21.5. The number of aromatic nitrogens is 6. The summed E-state index contributed by atoms with van der Waals surface area (Å²) in [5.74, 6) is 1.30. The number of pyridine rings is 1.